The predicted molar refractivity (Wildman–Crippen MR) is 86.9 cm³/mol. The van der Waals surface area contributed by atoms with E-state index < -0.39 is 23.0 Å². The van der Waals surface area contributed by atoms with Crippen molar-refractivity contribution in [2.75, 3.05) is 0 Å². The van der Waals surface area contributed by atoms with Gasteiger partial charge < -0.3 is 5.32 Å². The van der Waals surface area contributed by atoms with E-state index in [0.29, 0.717) is 11.7 Å². The topological polar surface area (TPSA) is 72.0 Å². The normalized spacial score (nSPS) is 15.0. The Morgan fingerprint density at radius 2 is 1.88 bits per heavy atom. The summed E-state index contributed by atoms with van der Waals surface area (Å²) < 4.78 is 13.4. The standard InChI is InChI=1S/C16H12Cl2FN3O2/c17-11-4-3-9(5-12(11)19)13(23)14(18)22-16(24)10-6-20-15(21-7-10)8-1-2-8/h3-8,14H,1-2H2,(H,22,24). The molecule has 1 heterocycles. The fourth-order valence-corrected chi connectivity index (χ4v) is 2.41. The monoisotopic (exact) mass is 367 g/mol. The van der Waals surface area contributed by atoms with Gasteiger partial charge in [0.1, 0.15) is 11.6 Å². The number of rotatable bonds is 5. The van der Waals surface area contributed by atoms with E-state index in [1.807, 2.05) is 0 Å². The highest BCUT2D eigenvalue weighted by Crippen LogP contribution is 2.37. The molecule has 2 aromatic rings. The van der Waals surface area contributed by atoms with E-state index in [1.54, 1.807) is 0 Å². The molecule has 1 N–H and O–H groups in total. The largest absolute Gasteiger partial charge is 0.329 e. The summed E-state index contributed by atoms with van der Waals surface area (Å²) in [6, 6.07) is 3.56. The van der Waals surface area contributed by atoms with Crippen LogP contribution in [-0.4, -0.2) is 27.2 Å². The van der Waals surface area contributed by atoms with Crippen LogP contribution in [0.15, 0.2) is 30.6 Å². The third-order valence-corrected chi connectivity index (χ3v) is 4.18. The van der Waals surface area contributed by atoms with E-state index >= 15 is 0 Å². The first-order valence-electron chi connectivity index (χ1n) is 7.22. The lowest BCUT2D eigenvalue weighted by Gasteiger charge is -2.11. The van der Waals surface area contributed by atoms with Crippen molar-refractivity contribution in [2.45, 2.75) is 24.3 Å². The molecule has 1 aromatic carbocycles. The van der Waals surface area contributed by atoms with Crippen molar-refractivity contribution in [3.63, 3.8) is 0 Å². The minimum absolute atomic E-state index is 0.0116. The number of aromatic nitrogens is 2. The maximum Gasteiger partial charge on any atom is 0.255 e. The van der Waals surface area contributed by atoms with Crippen molar-refractivity contribution in [1.29, 1.82) is 0 Å². The molecule has 0 spiro atoms. The van der Waals surface area contributed by atoms with Gasteiger partial charge in [0.2, 0.25) is 5.78 Å². The molecule has 24 heavy (non-hydrogen) atoms. The summed E-state index contributed by atoms with van der Waals surface area (Å²) in [6.07, 6.45) is 4.90. The molecule has 1 aliphatic carbocycles. The van der Waals surface area contributed by atoms with Crippen LogP contribution in [0.2, 0.25) is 5.02 Å². The molecule has 0 radical (unpaired) electrons. The van der Waals surface area contributed by atoms with Crippen LogP contribution in [0.4, 0.5) is 4.39 Å². The second-order valence-electron chi connectivity index (χ2n) is 5.43. The maximum absolute atomic E-state index is 13.4. The summed E-state index contributed by atoms with van der Waals surface area (Å²) in [5, 5.41) is 2.23. The van der Waals surface area contributed by atoms with Crippen molar-refractivity contribution < 1.29 is 14.0 Å². The van der Waals surface area contributed by atoms with Crippen molar-refractivity contribution in [2.24, 2.45) is 0 Å². The third-order valence-electron chi connectivity index (χ3n) is 3.57. The molecular weight excluding hydrogens is 356 g/mol. The Hall–Kier alpha value is -2.05. The van der Waals surface area contributed by atoms with Gasteiger partial charge in [0, 0.05) is 23.9 Å². The predicted octanol–water partition coefficient (Wildman–Crippen LogP) is 3.32. The van der Waals surface area contributed by atoms with E-state index in [9.17, 15) is 14.0 Å². The van der Waals surface area contributed by atoms with Gasteiger partial charge in [0.25, 0.3) is 5.91 Å². The summed E-state index contributed by atoms with van der Waals surface area (Å²) in [5.74, 6) is -0.871. The van der Waals surface area contributed by atoms with Gasteiger partial charge in [-0.3, -0.25) is 9.59 Å². The van der Waals surface area contributed by atoms with Gasteiger partial charge in [-0.1, -0.05) is 23.2 Å². The zero-order valence-corrected chi connectivity index (χ0v) is 13.8. The first kappa shape index (κ1) is 16.8. The van der Waals surface area contributed by atoms with Gasteiger partial charge in [-0.2, -0.15) is 0 Å². The highest BCUT2D eigenvalue weighted by molar-refractivity contribution is 6.35. The fourth-order valence-electron chi connectivity index (χ4n) is 2.07. The third kappa shape index (κ3) is 3.71. The summed E-state index contributed by atoms with van der Waals surface area (Å²) in [7, 11) is 0. The smallest absolute Gasteiger partial charge is 0.255 e. The number of carbonyl (C=O) groups is 2. The van der Waals surface area contributed by atoms with Crippen molar-refractivity contribution in [3.05, 3.63) is 58.4 Å². The Morgan fingerprint density at radius 3 is 2.46 bits per heavy atom. The molecule has 0 aliphatic heterocycles. The average molecular weight is 368 g/mol. The summed E-state index contributed by atoms with van der Waals surface area (Å²) in [6.45, 7) is 0. The number of hydrogen-bond donors (Lipinski definition) is 1. The van der Waals surface area contributed by atoms with Crippen LogP contribution >= 0.6 is 23.2 Å². The van der Waals surface area contributed by atoms with E-state index in [4.69, 9.17) is 23.2 Å². The number of benzene rings is 1. The lowest BCUT2D eigenvalue weighted by molar-refractivity contribution is 0.0889. The highest BCUT2D eigenvalue weighted by atomic mass is 35.5. The molecule has 5 nitrogen and oxygen atoms in total. The molecule has 1 saturated carbocycles. The molecule has 0 saturated heterocycles. The Bertz CT molecular complexity index is 794. The number of nitrogens with one attached hydrogen (secondary N) is 1. The van der Waals surface area contributed by atoms with Crippen LogP contribution in [0.5, 0.6) is 0 Å². The fraction of sp³-hybridized carbons (Fsp3) is 0.250. The van der Waals surface area contributed by atoms with Gasteiger partial charge >= 0.3 is 0 Å². The van der Waals surface area contributed by atoms with Crippen LogP contribution in [0.25, 0.3) is 0 Å². The van der Waals surface area contributed by atoms with Crippen LogP contribution in [0.1, 0.15) is 45.3 Å². The molecular formula is C16H12Cl2FN3O2. The molecule has 0 bridgehead atoms. The first-order valence-corrected chi connectivity index (χ1v) is 8.03. The van der Waals surface area contributed by atoms with Gasteiger partial charge in [-0.25, -0.2) is 14.4 Å². The molecule has 1 aromatic heterocycles. The Kier molecular flexibility index (Phi) is 4.78. The van der Waals surface area contributed by atoms with Gasteiger partial charge in [-0.05, 0) is 31.0 Å². The van der Waals surface area contributed by atoms with Crippen molar-refractivity contribution in [3.8, 4) is 0 Å². The maximum atomic E-state index is 13.4. The number of halogens is 3. The van der Waals surface area contributed by atoms with Gasteiger partial charge in [0.15, 0.2) is 5.50 Å². The number of Topliss-reactive ketones (excluding diaryl/α,β-unsaturated/α-hetero) is 1. The second-order valence-corrected chi connectivity index (χ2v) is 6.28. The number of carbonyl (C=O) groups excluding carboxylic acids is 2. The van der Waals surface area contributed by atoms with Gasteiger partial charge in [-0.15, -0.1) is 0 Å². The molecule has 1 atom stereocenters. The number of hydrogen-bond acceptors (Lipinski definition) is 4. The van der Waals surface area contributed by atoms with E-state index in [0.717, 1.165) is 18.9 Å². The molecule has 8 heteroatoms. The highest BCUT2D eigenvalue weighted by Gasteiger charge is 2.27. The molecule has 3 rings (SSSR count). The van der Waals surface area contributed by atoms with Crippen LogP contribution in [-0.2, 0) is 0 Å². The van der Waals surface area contributed by atoms with E-state index in [2.05, 4.69) is 15.3 Å². The molecule has 124 valence electrons. The zero-order chi connectivity index (χ0) is 17.3. The van der Waals surface area contributed by atoms with Crippen molar-refractivity contribution in [1.82, 2.24) is 15.3 Å². The lowest BCUT2D eigenvalue weighted by Crippen LogP contribution is -2.37. The summed E-state index contributed by atoms with van der Waals surface area (Å²) >= 11 is 11.5. The van der Waals surface area contributed by atoms with Crippen LogP contribution in [0, 0.1) is 5.82 Å². The Labute approximate surface area is 147 Å². The second kappa shape index (κ2) is 6.83. The zero-order valence-electron chi connectivity index (χ0n) is 12.3. The minimum atomic E-state index is -1.35. The number of ketones is 1. The van der Waals surface area contributed by atoms with E-state index in [-0.39, 0.29) is 16.1 Å². The molecule has 1 amide bonds. The SMILES string of the molecule is O=C(NC(Cl)C(=O)c1ccc(Cl)c(F)c1)c1cnc(C2CC2)nc1. The summed E-state index contributed by atoms with van der Waals surface area (Å²) in [4.78, 5) is 32.5. The number of amides is 1. The van der Waals surface area contributed by atoms with Crippen LogP contribution in [0.3, 0.4) is 0 Å². The first-order chi connectivity index (χ1) is 11.5. The van der Waals surface area contributed by atoms with E-state index in [1.165, 1.54) is 24.5 Å². The van der Waals surface area contributed by atoms with Gasteiger partial charge in [0.05, 0.1) is 10.6 Å². The number of alkyl halides is 1. The number of nitrogens with zero attached hydrogens (tertiary/aromatic N) is 2. The lowest BCUT2D eigenvalue weighted by atomic mass is 10.1. The quantitative estimate of drug-likeness (QED) is 0.499. The van der Waals surface area contributed by atoms with Crippen LogP contribution < -0.4 is 5.32 Å². The Morgan fingerprint density at radius 1 is 1.21 bits per heavy atom. The Balaban J connectivity index is 1.66. The van der Waals surface area contributed by atoms with Crippen molar-refractivity contribution >= 4 is 34.9 Å². The molecule has 1 aliphatic rings. The average Bonchev–Trinajstić information content (AvgIpc) is 3.41. The summed E-state index contributed by atoms with van der Waals surface area (Å²) in [5.41, 5.74) is -1.14. The minimum Gasteiger partial charge on any atom is -0.329 e. The molecule has 1 unspecified atom stereocenters. The molecule has 1 fully saturated rings.